The number of hydrogen-bond acceptors (Lipinski definition) is 6. The van der Waals surface area contributed by atoms with Crippen LogP contribution in [0.25, 0.3) is 11.1 Å². The van der Waals surface area contributed by atoms with E-state index in [0.717, 1.165) is 5.69 Å². The summed E-state index contributed by atoms with van der Waals surface area (Å²) < 4.78 is 31.5. The first kappa shape index (κ1) is 13.6. The van der Waals surface area contributed by atoms with Crippen molar-refractivity contribution in [1.29, 1.82) is 0 Å². The quantitative estimate of drug-likeness (QED) is 0.725. The minimum Gasteiger partial charge on any atom is -0.428 e. The summed E-state index contributed by atoms with van der Waals surface area (Å²) in [6, 6.07) is 6.61. The molecule has 0 unspecified atom stereocenters. The van der Waals surface area contributed by atoms with Gasteiger partial charge in [-0.1, -0.05) is 0 Å². The van der Waals surface area contributed by atoms with E-state index in [1.807, 2.05) is 0 Å². The van der Waals surface area contributed by atoms with Crippen molar-refractivity contribution in [2.24, 2.45) is 7.05 Å². The number of benzene rings is 1. The predicted molar refractivity (Wildman–Crippen MR) is 77.4 cm³/mol. The topological polar surface area (TPSA) is 104 Å². The number of hydrogen-bond donors (Lipinski definition) is 1. The van der Waals surface area contributed by atoms with Crippen molar-refractivity contribution < 1.29 is 12.8 Å². The van der Waals surface area contributed by atoms with E-state index in [1.54, 1.807) is 42.2 Å². The summed E-state index contributed by atoms with van der Waals surface area (Å²) >= 11 is 0. The Bertz CT molecular complexity index is 895. The Kier molecular flexibility index (Phi) is 3.17. The molecule has 8 heteroatoms. The van der Waals surface area contributed by atoms with E-state index in [2.05, 4.69) is 10.1 Å². The van der Waals surface area contributed by atoms with Crippen LogP contribution in [-0.2, 0) is 23.3 Å². The molecule has 0 aliphatic heterocycles. The summed E-state index contributed by atoms with van der Waals surface area (Å²) in [6.07, 6.45) is 1.98. The first-order chi connectivity index (χ1) is 9.95. The largest absolute Gasteiger partial charge is 0.428 e. The molecule has 0 radical (unpaired) electrons. The lowest BCUT2D eigenvalue weighted by atomic mass is 10.3. The minimum atomic E-state index is -3.59. The molecule has 3 aromatic rings. The molecule has 0 saturated carbocycles. The number of rotatable bonds is 4. The van der Waals surface area contributed by atoms with Crippen LogP contribution in [0.15, 0.2) is 40.1 Å². The zero-order valence-corrected chi connectivity index (χ0v) is 12.2. The van der Waals surface area contributed by atoms with Gasteiger partial charge < -0.3 is 10.2 Å². The van der Waals surface area contributed by atoms with E-state index in [0.29, 0.717) is 23.2 Å². The second kappa shape index (κ2) is 4.88. The third-order valence-electron chi connectivity index (χ3n) is 3.21. The van der Waals surface area contributed by atoms with Gasteiger partial charge >= 0.3 is 5.22 Å². The lowest BCUT2D eigenvalue weighted by Gasteiger charge is -2.01. The van der Waals surface area contributed by atoms with Crippen LogP contribution in [0, 0.1) is 0 Å². The molecule has 2 N–H and O–H groups in total. The summed E-state index contributed by atoms with van der Waals surface area (Å²) in [5, 5.41) is 3.73. The maximum atomic E-state index is 12.3. The number of fused-ring (bicyclic) bond motifs is 1. The van der Waals surface area contributed by atoms with Gasteiger partial charge in [0.1, 0.15) is 5.52 Å². The van der Waals surface area contributed by atoms with Gasteiger partial charge in [-0.2, -0.15) is 10.1 Å². The predicted octanol–water partition coefficient (Wildman–Crippen LogP) is 1.16. The lowest BCUT2D eigenvalue weighted by molar-refractivity contribution is 0.458. The SMILES string of the molecule is Cn1nccc1CCS(=O)(=O)c1nc2cc(N)ccc2o1. The number of aromatic nitrogens is 3. The number of nitrogens with two attached hydrogens (primary N) is 1. The Balaban J connectivity index is 1.87. The van der Waals surface area contributed by atoms with Crippen LogP contribution in [-0.4, -0.2) is 28.9 Å². The van der Waals surface area contributed by atoms with Crippen molar-refractivity contribution in [1.82, 2.24) is 14.8 Å². The Morgan fingerprint density at radius 1 is 1.33 bits per heavy atom. The first-order valence-corrected chi connectivity index (χ1v) is 7.97. The normalized spacial score (nSPS) is 12.0. The summed E-state index contributed by atoms with van der Waals surface area (Å²) in [7, 11) is -1.82. The number of nitrogen functional groups attached to an aromatic ring is 1. The fourth-order valence-electron chi connectivity index (χ4n) is 2.03. The molecule has 0 amide bonds. The Morgan fingerprint density at radius 3 is 2.86 bits per heavy atom. The van der Waals surface area contributed by atoms with Gasteiger partial charge in [-0.15, -0.1) is 0 Å². The van der Waals surface area contributed by atoms with Crippen molar-refractivity contribution in [3.8, 4) is 0 Å². The Labute approximate surface area is 121 Å². The van der Waals surface area contributed by atoms with Crippen LogP contribution in [0.5, 0.6) is 0 Å². The second-order valence-electron chi connectivity index (χ2n) is 4.72. The van der Waals surface area contributed by atoms with Crippen molar-refractivity contribution in [2.45, 2.75) is 11.6 Å². The van der Waals surface area contributed by atoms with Gasteiger partial charge in [-0.05, 0) is 24.3 Å². The molecule has 0 bridgehead atoms. The van der Waals surface area contributed by atoms with Gasteiger partial charge in [0.15, 0.2) is 5.58 Å². The van der Waals surface area contributed by atoms with E-state index in [1.165, 1.54) is 0 Å². The Morgan fingerprint density at radius 2 is 2.14 bits per heavy atom. The van der Waals surface area contributed by atoms with Crippen LogP contribution < -0.4 is 5.73 Å². The Hall–Kier alpha value is -2.35. The van der Waals surface area contributed by atoms with Crippen molar-refractivity contribution in [2.75, 3.05) is 11.5 Å². The van der Waals surface area contributed by atoms with E-state index in [-0.39, 0.29) is 11.0 Å². The van der Waals surface area contributed by atoms with Crippen LogP contribution in [0.2, 0.25) is 0 Å². The molecular weight excluding hydrogens is 292 g/mol. The monoisotopic (exact) mass is 306 g/mol. The summed E-state index contributed by atoms with van der Waals surface area (Å²) in [5.41, 5.74) is 7.83. The number of anilines is 1. The maximum absolute atomic E-state index is 12.3. The second-order valence-corrected chi connectivity index (χ2v) is 6.71. The zero-order valence-electron chi connectivity index (χ0n) is 11.4. The molecule has 0 fully saturated rings. The molecule has 0 spiro atoms. The van der Waals surface area contributed by atoms with Gasteiger partial charge in [-0.3, -0.25) is 4.68 Å². The molecule has 1 aromatic carbocycles. The highest BCUT2D eigenvalue weighted by molar-refractivity contribution is 7.91. The number of oxazole rings is 1. The molecule has 2 aromatic heterocycles. The molecule has 7 nitrogen and oxygen atoms in total. The van der Waals surface area contributed by atoms with Gasteiger partial charge in [0.2, 0.25) is 9.84 Å². The summed E-state index contributed by atoms with van der Waals surface area (Å²) in [5.74, 6) is -0.0885. The summed E-state index contributed by atoms with van der Waals surface area (Å²) in [4.78, 5) is 4.01. The molecule has 21 heavy (non-hydrogen) atoms. The average Bonchev–Trinajstić information content (AvgIpc) is 3.02. The highest BCUT2D eigenvalue weighted by Crippen LogP contribution is 2.22. The fraction of sp³-hybridized carbons (Fsp3) is 0.231. The first-order valence-electron chi connectivity index (χ1n) is 6.31. The highest BCUT2D eigenvalue weighted by Gasteiger charge is 2.22. The standard InChI is InChI=1S/C13H14N4O3S/c1-17-10(4-6-15-17)5-7-21(18,19)13-16-11-8-9(14)2-3-12(11)20-13/h2-4,6,8H,5,7,14H2,1H3. The molecular formula is C13H14N4O3S. The van der Waals surface area contributed by atoms with Gasteiger partial charge in [0, 0.05) is 31.0 Å². The third kappa shape index (κ3) is 2.62. The van der Waals surface area contributed by atoms with Crippen LogP contribution in [0.3, 0.4) is 0 Å². The smallest absolute Gasteiger partial charge is 0.316 e. The van der Waals surface area contributed by atoms with E-state index in [4.69, 9.17) is 10.2 Å². The van der Waals surface area contributed by atoms with E-state index >= 15 is 0 Å². The number of nitrogens with zero attached hydrogens (tertiary/aromatic N) is 3. The van der Waals surface area contributed by atoms with E-state index in [9.17, 15) is 8.42 Å². The summed E-state index contributed by atoms with van der Waals surface area (Å²) in [6.45, 7) is 0. The van der Waals surface area contributed by atoms with Gasteiger partial charge in [0.25, 0.3) is 0 Å². The lowest BCUT2D eigenvalue weighted by Crippen LogP contribution is -2.11. The number of aryl methyl sites for hydroxylation is 2. The van der Waals surface area contributed by atoms with Crippen LogP contribution >= 0.6 is 0 Å². The van der Waals surface area contributed by atoms with Crippen LogP contribution in [0.4, 0.5) is 5.69 Å². The van der Waals surface area contributed by atoms with Gasteiger partial charge in [0.05, 0.1) is 5.75 Å². The third-order valence-corrected chi connectivity index (χ3v) is 4.66. The van der Waals surface area contributed by atoms with Crippen molar-refractivity contribution in [3.63, 3.8) is 0 Å². The molecule has 0 aliphatic carbocycles. The van der Waals surface area contributed by atoms with Crippen molar-refractivity contribution >= 4 is 26.6 Å². The van der Waals surface area contributed by atoms with Crippen LogP contribution in [0.1, 0.15) is 5.69 Å². The van der Waals surface area contributed by atoms with Crippen molar-refractivity contribution in [3.05, 3.63) is 36.2 Å². The molecule has 0 saturated heterocycles. The molecule has 110 valence electrons. The van der Waals surface area contributed by atoms with Gasteiger partial charge in [-0.25, -0.2) is 8.42 Å². The fourth-order valence-corrected chi connectivity index (χ4v) is 3.14. The van der Waals surface area contributed by atoms with E-state index < -0.39 is 9.84 Å². The molecule has 2 heterocycles. The molecule has 3 rings (SSSR count). The molecule has 0 atom stereocenters. The zero-order chi connectivity index (χ0) is 15.0. The number of sulfone groups is 1. The average molecular weight is 306 g/mol. The minimum absolute atomic E-state index is 0.0885. The maximum Gasteiger partial charge on any atom is 0.316 e. The highest BCUT2D eigenvalue weighted by atomic mass is 32.2. The molecule has 0 aliphatic rings.